The second kappa shape index (κ2) is 4.94. The fourth-order valence-corrected chi connectivity index (χ4v) is 3.40. The first-order valence-electron chi connectivity index (χ1n) is 5.79. The molecule has 0 aromatic heterocycles. The average Bonchev–Trinajstić information content (AvgIpc) is 2.27. The van der Waals surface area contributed by atoms with E-state index in [1.807, 2.05) is 6.92 Å². The van der Waals surface area contributed by atoms with Gasteiger partial charge in [-0.3, -0.25) is 0 Å². The molecule has 17 heavy (non-hydrogen) atoms. The van der Waals surface area contributed by atoms with Crippen LogP contribution in [0, 0.1) is 11.6 Å². The monoisotopic (exact) mass is 258 g/mol. The van der Waals surface area contributed by atoms with Crippen LogP contribution >= 0.6 is 11.8 Å². The van der Waals surface area contributed by atoms with Gasteiger partial charge >= 0.3 is 0 Å². The third-order valence-electron chi connectivity index (χ3n) is 3.39. The second-order valence-electron chi connectivity index (χ2n) is 4.63. The highest BCUT2D eigenvalue weighted by molar-refractivity contribution is 8.00. The molecule has 2 unspecified atom stereocenters. The lowest BCUT2D eigenvalue weighted by Crippen LogP contribution is -2.43. The van der Waals surface area contributed by atoms with Crippen LogP contribution in [0.2, 0.25) is 0 Å². The van der Waals surface area contributed by atoms with E-state index in [9.17, 15) is 13.9 Å². The standard InChI is InChI=1S/C13H16F2OS/c1-9-13(16,5-2-6-17-9)8-10-3-4-11(14)7-12(10)15/h3-4,7,9,16H,2,5-6,8H2,1H3. The summed E-state index contributed by atoms with van der Waals surface area (Å²) in [6.45, 7) is 1.96. The first kappa shape index (κ1) is 12.8. The number of thioether (sulfide) groups is 1. The topological polar surface area (TPSA) is 20.2 Å². The molecule has 0 bridgehead atoms. The molecule has 2 rings (SSSR count). The summed E-state index contributed by atoms with van der Waals surface area (Å²) in [7, 11) is 0. The normalized spacial score (nSPS) is 29.3. The molecule has 0 saturated carbocycles. The van der Waals surface area contributed by atoms with Crippen molar-refractivity contribution in [3.05, 3.63) is 35.4 Å². The SMILES string of the molecule is CC1SCCCC1(O)Cc1ccc(F)cc1F. The van der Waals surface area contributed by atoms with Crippen LogP contribution in [-0.4, -0.2) is 21.7 Å². The van der Waals surface area contributed by atoms with Gasteiger partial charge in [0, 0.05) is 17.7 Å². The molecule has 1 nitrogen and oxygen atoms in total. The zero-order chi connectivity index (χ0) is 12.5. The van der Waals surface area contributed by atoms with Gasteiger partial charge in [-0.15, -0.1) is 0 Å². The van der Waals surface area contributed by atoms with Gasteiger partial charge in [0.05, 0.1) is 5.60 Å². The summed E-state index contributed by atoms with van der Waals surface area (Å²) < 4.78 is 26.3. The Morgan fingerprint density at radius 3 is 2.88 bits per heavy atom. The third-order valence-corrected chi connectivity index (χ3v) is 4.85. The van der Waals surface area contributed by atoms with Crippen molar-refractivity contribution in [2.24, 2.45) is 0 Å². The van der Waals surface area contributed by atoms with Crippen molar-refractivity contribution < 1.29 is 13.9 Å². The molecule has 1 heterocycles. The van der Waals surface area contributed by atoms with Crippen LogP contribution in [0.25, 0.3) is 0 Å². The average molecular weight is 258 g/mol. The van der Waals surface area contributed by atoms with Crippen molar-refractivity contribution in [2.75, 3.05) is 5.75 Å². The van der Waals surface area contributed by atoms with Gasteiger partial charge in [-0.2, -0.15) is 11.8 Å². The molecule has 94 valence electrons. The van der Waals surface area contributed by atoms with E-state index < -0.39 is 17.2 Å². The molecule has 1 aliphatic rings. The molecule has 0 spiro atoms. The Hall–Kier alpha value is -0.610. The Kier molecular flexibility index (Phi) is 3.73. The van der Waals surface area contributed by atoms with Gasteiger partial charge < -0.3 is 5.11 Å². The minimum atomic E-state index is -0.873. The molecular weight excluding hydrogens is 242 g/mol. The number of benzene rings is 1. The highest BCUT2D eigenvalue weighted by atomic mass is 32.2. The zero-order valence-corrected chi connectivity index (χ0v) is 10.6. The zero-order valence-electron chi connectivity index (χ0n) is 9.75. The van der Waals surface area contributed by atoms with Crippen LogP contribution in [-0.2, 0) is 6.42 Å². The van der Waals surface area contributed by atoms with Crippen LogP contribution in [0.3, 0.4) is 0 Å². The summed E-state index contributed by atoms with van der Waals surface area (Å²) in [6.07, 6.45) is 1.87. The first-order chi connectivity index (χ1) is 8.01. The maximum atomic E-state index is 13.5. The van der Waals surface area contributed by atoms with Crippen molar-refractivity contribution >= 4 is 11.8 Å². The van der Waals surface area contributed by atoms with E-state index in [1.165, 1.54) is 12.1 Å². The van der Waals surface area contributed by atoms with Crippen molar-refractivity contribution in [1.29, 1.82) is 0 Å². The molecule has 1 N–H and O–H groups in total. The predicted octanol–water partition coefficient (Wildman–Crippen LogP) is 3.15. The number of rotatable bonds is 2. The predicted molar refractivity (Wildman–Crippen MR) is 66.2 cm³/mol. The minimum absolute atomic E-state index is 0.0840. The van der Waals surface area contributed by atoms with Gasteiger partial charge in [0.2, 0.25) is 0 Å². The maximum absolute atomic E-state index is 13.5. The fourth-order valence-electron chi connectivity index (χ4n) is 2.22. The molecule has 4 heteroatoms. The first-order valence-corrected chi connectivity index (χ1v) is 6.84. The molecule has 0 amide bonds. The van der Waals surface area contributed by atoms with Gasteiger partial charge in [0.15, 0.2) is 0 Å². The number of hydrogen-bond donors (Lipinski definition) is 1. The summed E-state index contributed by atoms with van der Waals surface area (Å²) >= 11 is 1.71. The fraction of sp³-hybridized carbons (Fsp3) is 0.538. The van der Waals surface area contributed by atoms with E-state index in [0.29, 0.717) is 12.0 Å². The van der Waals surface area contributed by atoms with E-state index in [2.05, 4.69) is 0 Å². The highest BCUT2D eigenvalue weighted by Gasteiger charge is 2.37. The Bertz CT molecular complexity index is 410. The van der Waals surface area contributed by atoms with Crippen molar-refractivity contribution in [1.82, 2.24) is 0 Å². The maximum Gasteiger partial charge on any atom is 0.129 e. The van der Waals surface area contributed by atoms with Gasteiger partial charge in [-0.25, -0.2) is 8.78 Å². The summed E-state index contributed by atoms with van der Waals surface area (Å²) in [5.74, 6) is -0.111. The number of halogens is 2. The Morgan fingerprint density at radius 2 is 2.24 bits per heavy atom. The Morgan fingerprint density at radius 1 is 1.47 bits per heavy atom. The van der Waals surface area contributed by atoms with Gasteiger partial charge in [0.25, 0.3) is 0 Å². The number of hydrogen-bond acceptors (Lipinski definition) is 2. The molecule has 1 aromatic rings. The molecule has 1 aliphatic heterocycles. The molecular formula is C13H16F2OS. The Balaban J connectivity index is 2.19. The summed E-state index contributed by atoms with van der Waals surface area (Å²) in [6, 6.07) is 3.54. The van der Waals surface area contributed by atoms with Crippen LogP contribution in [0.4, 0.5) is 8.78 Å². The Labute approximate surface area is 104 Å². The van der Waals surface area contributed by atoms with Crippen LogP contribution in [0.1, 0.15) is 25.3 Å². The smallest absolute Gasteiger partial charge is 0.129 e. The summed E-state index contributed by atoms with van der Waals surface area (Å²) in [5.41, 5.74) is -0.482. The lowest BCUT2D eigenvalue weighted by molar-refractivity contribution is 0.0289. The number of aliphatic hydroxyl groups is 1. The lowest BCUT2D eigenvalue weighted by Gasteiger charge is -2.37. The quantitative estimate of drug-likeness (QED) is 0.879. The molecule has 2 atom stereocenters. The molecule has 0 aliphatic carbocycles. The summed E-state index contributed by atoms with van der Waals surface area (Å²) in [5, 5.41) is 10.6. The molecule has 1 fully saturated rings. The second-order valence-corrected chi connectivity index (χ2v) is 6.08. The third kappa shape index (κ3) is 2.80. The van der Waals surface area contributed by atoms with E-state index >= 15 is 0 Å². The van der Waals surface area contributed by atoms with E-state index in [-0.39, 0.29) is 11.7 Å². The van der Waals surface area contributed by atoms with Gasteiger partial charge in [-0.1, -0.05) is 13.0 Å². The van der Waals surface area contributed by atoms with E-state index in [1.54, 1.807) is 11.8 Å². The van der Waals surface area contributed by atoms with Gasteiger partial charge in [-0.05, 0) is 30.2 Å². The molecule has 1 aromatic carbocycles. The lowest BCUT2D eigenvalue weighted by atomic mass is 9.87. The van der Waals surface area contributed by atoms with Crippen LogP contribution < -0.4 is 0 Å². The molecule has 0 radical (unpaired) electrons. The van der Waals surface area contributed by atoms with Crippen molar-refractivity contribution in [3.8, 4) is 0 Å². The van der Waals surface area contributed by atoms with Crippen LogP contribution in [0.15, 0.2) is 18.2 Å². The minimum Gasteiger partial charge on any atom is -0.388 e. The van der Waals surface area contributed by atoms with Gasteiger partial charge in [0.1, 0.15) is 11.6 Å². The summed E-state index contributed by atoms with van der Waals surface area (Å²) in [4.78, 5) is 0. The molecule has 1 saturated heterocycles. The van der Waals surface area contributed by atoms with Crippen molar-refractivity contribution in [2.45, 2.75) is 37.0 Å². The van der Waals surface area contributed by atoms with Crippen molar-refractivity contribution in [3.63, 3.8) is 0 Å². The highest BCUT2D eigenvalue weighted by Crippen LogP contribution is 2.36. The van der Waals surface area contributed by atoms with E-state index in [4.69, 9.17) is 0 Å². The van der Waals surface area contributed by atoms with Crippen LogP contribution in [0.5, 0.6) is 0 Å². The largest absolute Gasteiger partial charge is 0.388 e. The van der Waals surface area contributed by atoms with E-state index in [0.717, 1.165) is 18.2 Å².